The van der Waals surface area contributed by atoms with Crippen LogP contribution in [0.4, 0.5) is 0 Å². The van der Waals surface area contributed by atoms with E-state index in [1.807, 2.05) is 0 Å². The molecule has 0 heterocycles. The number of hydrogen-bond acceptors (Lipinski definition) is 3. The number of hydrogen-bond donors (Lipinski definition) is 2. The molecule has 0 bridgehead atoms. The van der Waals surface area contributed by atoms with E-state index >= 15 is 0 Å². The van der Waals surface area contributed by atoms with Crippen LogP contribution in [0.25, 0.3) is 0 Å². The number of ether oxygens (including phenoxy) is 1. The number of rotatable bonds is 5. The summed E-state index contributed by atoms with van der Waals surface area (Å²) in [5.74, 6) is -0.553. The summed E-state index contributed by atoms with van der Waals surface area (Å²) in [5.41, 5.74) is 4.69. The van der Waals surface area contributed by atoms with E-state index in [1.54, 1.807) is 0 Å². The van der Waals surface area contributed by atoms with Gasteiger partial charge in [0.15, 0.2) is 0 Å². The van der Waals surface area contributed by atoms with Gasteiger partial charge in [-0.25, -0.2) is 0 Å². The molecule has 5 heteroatoms. The van der Waals surface area contributed by atoms with Crippen molar-refractivity contribution in [1.82, 2.24) is 5.32 Å². The summed E-state index contributed by atoms with van der Waals surface area (Å²) in [4.78, 5) is 19.5. The number of amides is 2. The molecule has 0 saturated heterocycles. The summed E-state index contributed by atoms with van der Waals surface area (Å²) >= 11 is 0. The summed E-state index contributed by atoms with van der Waals surface area (Å²) in [6.07, 6.45) is 0.473. The third-order valence-corrected chi connectivity index (χ3v) is 0.513. The van der Waals surface area contributed by atoms with Gasteiger partial charge in [-0.2, -0.15) is 0 Å². The van der Waals surface area contributed by atoms with Crippen LogP contribution in [0.1, 0.15) is 0 Å². The predicted octanol–water partition coefficient (Wildman–Crippen LogP) is -1.81. The molecule has 0 fully saturated rings. The Balaban J connectivity index is 2.91. The van der Waals surface area contributed by atoms with Crippen molar-refractivity contribution in [3.8, 4) is 0 Å². The van der Waals surface area contributed by atoms with Crippen LogP contribution in [-0.2, 0) is 14.3 Å². The summed E-state index contributed by atoms with van der Waals surface area (Å²) in [5, 5.41) is 2.19. The molecule has 0 aliphatic rings. The van der Waals surface area contributed by atoms with Crippen molar-refractivity contribution in [2.75, 3.05) is 13.3 Å². The summed E-state index contributed by atoms with van der Waals surface area (Å²) in [6.45, 7) is -0.146. The molecule has 0 rings (SSSR count). The van der Waals surface area contributed by atoms with Crippen molar-refractivity contribution in [2.45, 2.75) is 0 Å². The average molecular weight is 132 g/mol. The quantitative estimate of drug-likeness (QED) is 0.263. The van der Waals surface area contributed by atoms with Crippen LogP contribution in [0.15, 0.2) is 0 Å². The van der Waals surface area contributed by atoms with Crippen LogP contribution in [0.3, 0.4) is 0 Å². The fourth-order valence-electron chi connectivity index (χ4n) is 0.245. The zero-order valence-electron chi connectivity index (χ0n) is 4.79. The van der Waals surface area contributed by atoms with Crippen LogP contribution in [0.2, 0.25) is 0 Å². The van der Waals surface area contributed by atoms with Crippen LogP contribution in [-0.4, -0.2) is 25.7 Å². The second kappa shape index (κ2) is 5.04. The number of carbonyl (C=O) groups is 2. The van der Waals surface area contributed by atoms with Gasteiger partial charge in [0, 0.05) is 0 Å². The zero-order chi connectivity index (χ0) is 7.11. The van der Waals surface area contributed by atoms with E-state index in [4.69, 9.17) is 5.73 Å². The number of nitrogens with two attached hydrogens (primary N) is 1. The molecule has 52 valence electrons. The van der Waals surface area contributed by atoms with E-state index in [1.165, 1.54) is 0 Å². The molecule has 0 aromatic heterocycles. The Morgan fingerprint density at radius 1 is 1.78 bits per heavy atom. The normalized spacial score (nSPS) is 8.44. The van der Waals surface area contributed by atoms with Crippen LogP contribution in [0, 0.1) is 0 Å². The van der Waals surface area contributed by atoms with Crippen molar-refractivity contribution in [1.29, 1.82) is 0 Å². The molecule has 3 N–H and O–H groups in total. The Morgan fingerprint density at radius 2 is 2.44 bits per heavy atom. The van der Waals surface area contributed by atoms with Crippen LogP contribution >= 0.6 is 0 Å². The van der Waals surface area contributed by atoms with E-state index in [9.17, 15) is 9.59 Å². The maximum atomic E-state index is 9.94. The molecule has 0 aromatic carbocycles. The van der Waals surface area contributed by atoms with Crippen molar-refractivity contribution in [2.24, 2.45) is 5.73 Å². The lowest BCUT2D eigenvalue weighted by atomic mass is 10.7. The van der Waals surface area contributed by atoms with Gasteiger partial charge in [0.1, 0.15) is 13.3 Å². The van der Waals surface area contributed by atoms with Gasteiger partial charge in [0.2, 0.25) is 12.3 Å². The number of nitrogens with one attached hydrogen (secondary N) is 1. The van der Waals surface area contributed by atoms with Gasteiger partial charge >= 0.3 is 0 Å². The smallest absolute Gasteiger partial charge is 0.243 e. The van der Waals surface area contributed by atoms with Gasteiger partial charge < -0.3 is 15.8 Å². The molecule has 0 aromatic rings. The van der Waals surface area contributed by atoms with E-state index in [2.05, 4.69) is 10.1 Å². The van der Waals surface area contributed by atoms with Crippen LogP contribution in [0.5, 0.6) is 0 Å². The molecule has 0 radical (unpaired) electrons. The molecule has 2 amide bonds. The fourth-order valence-corrected chi connectivity index (χ4v) is 0.245. The Kier molecular flexibility index (Phi) is 4.43. The SMILES string of the molecule is NC(=O)COCNC=O. The Labute approximate surface area is 52.2 Å². The van der Waals surface area contributed by atoms with Gasteiger partial charge in [-0.3, -0.25) is 9.59 Å². The first-order valence-electron chi connectivity index (χ1n) is 2.30. The molecule has 0 aliphatic carbocycles. The Hall–Kier alpha value is -1.10. The van der Waals surface area contributed by atoms with Crippen molar-refractivity contribution < 1.29 is 14.3 Å². The Morgan fingerprint density at radius 3 is 2.89 bits per heavy atom. The minimum absolute atomic E-state index is 0.0203. The average Bonchev–Trinajstić information content (AvgIpc) is 1.80. The first-order chi connectivity index (χ1) is 4.27. The first kappa shape index (κ1) is 7.90. The largest absolute Gasteiger partial charge is 0.368 e. The van der Waals surface area contributed by atoms with E-state index in [-0.39, 0.29) is 13.3 Å². The predicted molar refractivity (Wildman–Crippen MR) is 29.2 cm³/mol. The topological polar surface area (TPSA) is 81.4 Å². The van der Waals surface area contributed by atoms with E-state index in [0.717, 1.165) is 0 Å². The lowest BCUT2D eigenvalue weighted by molar-refractivity contribution is -0.123. The summed E-state index contributed by atoms with van der Waals surface area (Å²) in [7, 11) is 0. The van der Waals surface area contributed by atoms with Crippen molar-refractivity contribution in [3.63, 3.8) is 0 Å². The van der Waals surface area contributed by atoms with E-state index in [0.29, 0.717) is 6.41 Å². The highest BCUT2D eigenvalue weighted by Crippen LogP contribution is 1.65. The monoisotopic (exact) mass is 132 g/mol. The van der Waals surface area contributed by atoms with Gasteiger partial charge in [0.25, 0.3) is 0 Å². The third-order valence-electron chi connectivity index (χ3n) is 0.513. The molecule has 5 nitrogen and oxygen atoms in total. The highest BCUT2D eigenvalue weighted by Gasteiger charge is 1.90. The van der Waals surface area contributed by atoms with Gasteiger partial charge in [0.05, 0.1) is 0 Å². The highest BCUT2D eigenvalue weighted by atomic mass is 16.5. The third kappa shape index (κ3) is 6.90. The first-order valence-corrected chi connectivity index (χ1v) is 2.30. The summed E-state index contributed by atoms with van der Waals surface area (Å²) in [6, 6.07) is 0. The van der Waals surface area contributed by atoms with E-state index < -0.39 is 5.91 Å². The minimum atomic E-state index is -0.553. The molecule has 0 atom stereocenters. The lowest BCUT2D eigenvalue weighted by Crippen LogP contribution is -2.23. The second-order valence-corrected chi connectivity index (χ2v) is 1.28. The molecular formula is C4H8N2O3. The number of carbonyl (C=O) groups excluding carboxylic acids is 2. The highest BCUT2D eigenvalue weighted by molar-refractivity contribution is 5.74. The minimum Gasteiger partial charge on any atom is -0.368 e. The Bertz CT molecular complexity index is 104. The maximum Gasteiger partial charge on any atom is 0.243 e. The zero-order valence-corrected chi connectivity index (χ0v) is 4.79. The molecule has 0 saturated carbocycles. The maximum absolute atomic E-state index is 9.94. The standard InChI is InChI=1S/C4H8N2O3/c5-4(8)1-9-3-6-2-7/h2H,1,3H2,(H2,5,8)(H,6,7). The lowest BCUT2D eigenvalue weighted by Gasteiger charge is -1.96. The summed E-state index contributed by atoms with van der Waals surface area (Å²) < 4.78 is 4.52. The van der Waals surface area contributed by atoms with Gasteiger partial charge in [-0.15, -0.1) is 0 Å². The van der Waals surface area contributed by atoms with Crippen molar-refractivity contribution >= 4 is 12.3 Å². The molecule has 0 spiro atoms. The van der Waals surface area contributed by atoms with Crippen molar-refractivity contribution in [3.05, 3.63) is 0 Å². The van der Waals surface area contributed by atoms with Gasteiger partial charge in [-0.1, -0.05) is 0 Å². The number of primary amides is 1. The molecule has 0 aliphatic heterocycles. The molecule has 0 unspecified atom stereocenters. The second-order valence-electron chi connectivity index (χ2n) is 1.28. The molecule has 9 heavy (non-hydrogen) atoms. The van der Waals surface area contributed by atoms with Crippen LogP contribution < -0.4 is 11.1 Å². The molecular weight excluding hydrogens is 124 g/mol. The van der Waals surface area contributed by atoms with Gasteiger partial charge in [-0.05, 0) is 0 Å². The fraction of sp³-hybridized carbons (Fsp3) is 0.500.